The van der Waals surface area contributed by atoms with E-state index < -0.39 is 10.0 Å². The van der Waals surface area contributed by atoms with Crippen LogP contribution in [0, 0.1) is 0 Å². The third-order valence-electron chi connectivity index (χ3n) is 5.56. The minimum atomic E-state index is -3.55. The largest absolute Gasteiger partial charge is 0.263 e. The van der Waals surface area contributed by atoms with Crippen LogP contribution in [-0.4, -0.2) is 30.1 Å². The van der Waals surface area contributed by atoms with Crippen molar-refractivity contribution in [1.82, 2.24) is 19.9 Å². The minimum absolute atomic E-state index is 0.238. The predicted octanol–water partition coefficient (Wildman–Crippen LogP) is 4.69. The number of benzene rings is 2. The summed E-state index contributed by atoms with van der Waals surface area (Å²) in [5.74, 6) is 1.74. The van der Waals surface area contributed by atoms with Crippen molar-refractivity contribution in [1.29, 1.82) is 0 Å². The van der Waals surface area contributed by atoms with Gasteiger partial charge in [0, 0.05) is 23.6 Å². The number of aromatic amines is 1. The molecule has 0 atom stereocenters. The fourth-order valence-corrected chi connectivity index (χ4v) is 5.04. The molecule has 0 amide bonds. The van der Waals surface area contributed by atoms with Crippen molar-refractivity contribution >= 4 is 21.6 Å². The molecule has 4 rings (SSSR count). The van der Waals surface area contributed by atoms with Crippen molar-refractivity contribution in [2.75, 3.05) is 6.54 Å². The highest BCUT2D eigenvalue weighted by Gasteiger charge is 2.18. The predicted molar refractivity (Wildman–Crippen MR) is 118 cm³/mol. The molecule has 0 spiro atoms. The number of aromatic nitrogens is 3. The summed E-state index contributed by atoms with van der Waals surface area (Å²) in [6.07, 6.45) is 6.62. The lowest BCUT2D eigenvalue weighted by Gasteiger charge is -2.22. The molecule has 1 saturated carbocycles. The molecule has 158 valence electrons. The molecule has 3 aromatic rings. The van der Waals surface area contributed by atoms with Crippen LogP contribution >= 0.6 is 11.6 Å². The summed E-state index contributed by atoms with van der Waals surface area (Å²) in [6, 6.07) is 14.6. The molecular weight excluding hydrogens is 420 g/mol. The topological polar surface area (TPSA) is 87.7 Å². The molecule has 8 heteroatoms. The Hall–Kier alpha value is -2.22. The van der Waals surface area contributed by atoms with Gasteiger partial charge in [0.1, 0.15) is 5.82 Å². The summed E-state index contributed by atoms with van der Waals surface area (Å²) < 4.78 is 27.8. The number of nitrogens with zero attached hydrogens (tertiary/aromatic N) is 2. The van der Waals surface area contributed by atoms with Gasteiger partial charge < -0.3 is 0 Å². The molecule has 1 aromatic heterocycles. The maximum Gasteiger partial charge on any atom is 0.240 e. The van der Waals surface area contributed by atoms with E-state index >= 15 is 0 Å². The van der Waals surface area contributed by atoms with Gasteiger partial charge in [0.15, 0.2) is 5.82 Å². The molecule has 1 aliphatic carbocycles. The highest BCUT2D eigenvalue weighted by atomic mass is 35.5. The van der Waals surface area contributed by atoms with Crippen LogP contribution in [0.15, 0.2) is 53.4 Å². The molecule has 0 saturated heterocycles. The second kappa shape index (κ2) is 9.29. The Kier molecular flexibility index (Phi) is 6.51. The van der Waals surface area contributed by atoms with Gasteiger partial charge in [-0.05, 0) is 60.7 Å². The molecule has 1 fully saturated rings. The summed E-state index contributed by atoms with van der Waals surface area (Å²) in [4.78, 5) is 4.71. The average molecular weight is 445 g/mol. The Labute approximate surface area is 182 Å². The lowest BCUT2D eigenvalue weighted by molar-refractivity contribution is 0.443. The zero-order valence-corrected chi connectivity index (χ0v) is 18.2. The second-order valence-corrected chi connectivity index (χ2v) is 9.87. The zero-order valence-electron chi connectivity index (χ0n) is 16.6. The summed E-state index contributed by atoms with van der Waals surface area (Å²) in [5, 5.41) is 7.70. The zero-order chi connectivity index (χ0) is 21.0. The molecule has 2 aromatic carbocycles. The minimum Gasteiger partial charge on any atom is -0.263 e. The van der Waals surface area contributed by atoms with Gasteiger partial charge in [0.05, 0.1) is 4.90 Å². The van der Waals surface area contributed by atoms with Crippen LogP contribution in [0.4, 0.5) is 0 Å². The van der Waals surface area contributed by atoms with Gasteiger partial charge in [0.2, 0.25) is 10.0 Å². The van der Waals surface area contributed by atoms with Crippen LogP contribution in [0.1, 0.15) is 49.4 Å². The molecule has 0 radical (unpaired) electrons. The van der Waals surface area contributed by atoms with Gasteiger partial charge >= 0.3 is 0 Å². The normalized spacial score (nSPS) is 15.4. The highest BCUT2D eigenvalue weighted by molar-refractivity contribution is 7.89. The summed E-state index contributed by atoms with van der Waals surface area (Å²) >= 11 is 5.90. The van der Waals surface area contributed by atoms with E-state index in [1.54, 1.807) is 24.3 Å². The number of hydrogen-bond donors (Lipinski definition) is 2. The Morgan fingerprint density at radius 2 is 1.70 bits per heavy atom. The van der Waals surface area contributed by atoms with Crippen molar-refractivity contribution in [3.8, 4) is 11.4 Å². The molecule has 2 N–H and O–H groups in total. The third-order valence-corrected chi connectivity index (χ3v) is 7.28. The van der Waals surface area contributed by atoms with Gasteiger partial charge in [-0.25, -0.2) is 18.1 Å². The highest BCUT2D eigenvalue weighted by Crippen LogP contribution is 2.32. The molecule has 0 unspecified atom stereocenters. The first kappa shape index (κ1) is 21.0. The molecule has 0 bridgehead atoms. The molecule has 6 nitrogen and oxygen atoms in total. The molecule has 0 aliphatic heterocycles. The monoisotopic (exact) mass is 444 g/mol. The van der Waals surface area contributed by atoms with Crippen LogP contribution in [0.25, 0.3) is 11.4 Å². The number of hydrogen-bond acceptors (Lipinski definition) is 4. The van der Waals surface area contributed by atoms with E-state index in [-0.39, 0.29) is 6.54 Å². The Bertz CT molecular complexity index is 1070. The quantitative estimate of drug-likeness (QED) is 0.553. The first-order valence-electron chi connectivity index (χ1n) is 10.3. The first-order chi connectivity index (χ1) is 14.5. The van der Waals surface area contributed by atoms with Gasteiger partial charge in [-0.15, -0.1) is 0 Å². The van der Waals surface area contributed by atoms with Gasteiger partial charge in [-0.2, -0.15) is 5.10 Å². The van der Waals surface area contributed by atoms with Gasteiger partial charge in [0.25, 0.3) is 0 Å². The summed E-state index contributed by atoms with van der Waals surface area (Å²) in [7, 11) is -3.55. The standard InChI is InChI=1S/C22H25ClN4O2S/c23-19-10-6-18(7-11-19)22-25-21(26-27-22)14-15-24-30(28,29)20-12-8-17(9-13-20)16-4-2-1-3-5-16/h6-13,16,24H,1-5,14-15H2,(H,25,26,27). The molecule has 1 heterocycles. The van der Waals surface area contributed by atoms with Crippen molar-refractivity contribution in [3.63, 3.8) is 0 Å². The van der Waals surface area contributed by atoms with Crippen LogP contribution < -0.4 is 4.72 Å². The fraction of sp³-hybridized carbons (Fsp3) is 0.364. The van der Waals surface area contributed by atoms with Crippen LogP contribution in [-0.2, 0) is 16.4 Å². The number of nitrogens with one attached hydrogen (secondary N) is 2. The molecule has 30 heavy (non-hydrogen) atoms. The average Bonchev–Trinajstić information content (AvgIpc) is 3.24. The Morgan fingerprint density at radius 3 is 2.40 bits per heavy atom. The second-order valence-electron chi connectivity index (χ2n) is 7.66. The van der Waals surface area contributed by atoms with Crippen LogP contribution in [0.5, 0.6) is 0 Å². The molecule has 1 aliphatic rings. The van der Waals surface area contributed by atoms with Crippen molar-refractivity contribution in [3.05, 3.63) is 64.9 Å². The summed E-state index contributed by atoms with van der Waals surface area (Å²) in [5.41, 5.74) is 2.09. The number of H-pyrrole nitrogens is 1. The van der Waals surface area contributed by atoms with E-state index in [1.165, 1.54) is 37.7 Å². The summed E-state index contributed by atoms with van der Waals surface area (Å²) in [6.45, 7) is 0.238. The number of sulfonamides is 1. The van der Waals surface area contributed by atoms with Crippen molar-refractivity contribution < 1.29 is 8.42 Å². The maximum absolute atomic E-state index is 12.6. The van der Waals surface area contributed by atoms with Crippen molar-refractivity contribution in [2.24, 2.45) is 0 Å². The van der Waals surface area contributed by atoms with E-state index in [4.69, 9.17) is 11.6 Å². The van der Waals surface area contributed by atoms with E-state index in [0.29, 0.717) is 33.9 Å². The van der Waals surface area contributed by atoms with E-state index in [9.17, 15) is 8.42 Å². The Morgan fingerprint density at radius 1 is 1.00 bits per heavy atom. The van der Waals surface area contributed by atoms with Crippen molar-refractivity contribution in [2.45, 2.75) is 49.3 Å². The van der Waals surface area contributed by atoms with E-state index in [0.717, 1.165) is 5.56 Å². The van der Waals surface area contributed by atoms with Gasteiger partial charge in [-0.3, -0.25) is 5.10 Å². The smallest absolute Gasteiger partial charge is 0.240 e. The lowest BCUT2D eigenvalue weighted by Crippen LogP contribution is -2.26. The SMILES string of the molecule is O=S(=O)(NCCc1nc(-c2ccc(Cl)cc2)n[nH]1)c1ccc(C2CCCCC2)cc1. The third kappa shape index (κ3) is 5.09. The van der Waals surface area contributed by atoms with E-state index in [2.05, 4.69) is 19.9 Å². The maximum atomic E-state index is 12.6. The number of rotatable bonds is 7. The van der Waals surface area contributed by atoms with E-state index in [1.807, 2.05) is 24.3 Å². The first-order valence-corrected chi connectivity index (χ1v) is 12.1. The number of halogens is 1. The lowest BCUT2D eigenvalue weighted by atomic mass is 9.84. The van der Waals surface area contributed by atoms with Gasteiger partial charge in [-0.1, -0.05) is 43.0 Å². The Balaban J connectivity index is 1.33. The van der Waals surface area contributed by atoms with Crippen LogP contribution in [0.2, 0.25) is 5.02 Å². The van der Waals surface area contributed by atoms with Crippen LogP contribution in [0.3, 0.4) is 0 Å². The molecular formula is C22H25ClN4O2S. The fourth-order valence-electron chi connectivity index (χ4n) is 3.88.